The van der Waals surface area contributed by atoms with E-state index in [-0.39, 0.29) is 16.8 Å². The number of rotatable bonds is 7. The second-order valence-electron chi connectivity index (χ2n) is 7.41. The van der Waals surface area contributed by atoms with Gasteiger partial charge in [0.25, 0.3) is 0 Å². The first-order valence-electron chi connectivity index (χ1n) is 9.70. The molecule has 2 aromatic carbocycles. The molecule has 6 nitrogen and oxygen atoms in total. The zero-order chi connectivity index (χ0) is 21.0. The van der Waals surface area contributed by atoms with Crippen molar-refractivity contribution in [3.63, 3.8) is 0 Å². The first-order valence-corrected chi connectivity index (χ1v) is 11.2. The third kappa shape index (κ3) is 5.54. The maximum atomic E-state index is 14.2. The Morgan fingerprint density at radius 1 is 1.28 bits per heavy atom. The minimum absolute atomic E-state index is 0.168. The van der Waals surface area contributed by atoms with Crippen LogP contribution in [0.2, 0.25) is 0 Å². The molecule has 3 rings (SSSR count). The maximum absolute atomic E-state index is 14.2. The molecule has 2 atom stereocenters. The average molecular weight is 422 g/mol. The number of nitrogens with one attached hydrogen (secondary N) is 2. The summed E-state index contributed by atoms with van der Waals surface area (Å²) >= 11 is 0. The molecule has 8 heteroatoms. The van der Waals surface area contributed by atoms with E-state index in [0.717, 1.165) is 25.2 Å². The molecule has 1 aliphatic heterocycles. The van der Waals surface area contributed by atoms with Gasteiger partial charge in [0.15, 0.2) is 0 Å². The van der Waals surface area contributed by atoms with E-state index in [1.54, 1.807) is 25.1 Å². The Labute approximate surface area is 172 Å². The van der Waals surface area contributed by atoms with Crippen molar-refractivity contribution in [2.24, 2.45) is 0 Å². The quantitative estimate of drug-likeness (QED) is 0.719. The van der Waals surface area contributed by atoms with Gasteiger partial charge < -0.3 is 10.1 Å². The largest absolute Gasteiger partial charge is 0.484 e. The van der Waals surface area contributed by atoms with Crippen LogP contribution >= 0.6 is 0 Å². The van der Waals surface area contributed by atoms with Crippen LogP contribution in [0.15, 0.2) is 47.4 Å². The Morgan fingerprint density at radius 3 is 2.62 bits per heavy atom. The summed E-state index contributed by atoms with van der Waals surface area (Å²) in [4.78, 5) is 2.46. The van der Waals surface area contributed by atoms with Crippen molar-refractivity contribution < 1.29 is 17.5 Å². The zero-order valence-corrected chi connectivity index (χ0v) is 17.8. The molecule has 2 aromatic rings. The van der Waals surface area contributed by atoms with Crippen LogP contribution in [-0.4, -0.2) is 52.6 Å². The van der Waals surface area contributed by atoms with Crippen LogP contribution in [0.3, 0.4) is 0 Å². The van der Waals surface area contributed by atoms with Gasteiger partial charge >= 0.3 is 0 Å². The molecule has 0 aliphatic carbocycles. The average Bonchev–Trinajstić information content (AvgIpc) is 2.70. The lowest BCUT2D eigenvalue weighted by atomic mass is 10.1. The second kappa shape index (κ2) is 9.21. The Kier molecular flexibility index (Phi) is 6.89. The number of hydrogen-bond acceptors (Lipinski definition) is 5. The van der Waals surface area contributed by atoms with Crippen LogP contribution in [0.4, 0.5) is 4.39 Å². The highest BCUT2D eigenvalue weighted by Crippen LogP contribution is 2.26. The molecule has 1 fully saturated rings. The summed E-state index contributed by atoms with van der Waals surface area (Å²) in [7, 11) is -2.13. The molecule has 158 valence electrons. The predicted octanol–water partition coefficient (Wildman–Crippen LogP) is 2.46. The molecular formula is C21H28FN3O3S. The molecule has 0 bridgehead atoms. The number of aryl methyl sites for hydroxylation is 1. The molecule has 1 heterocycles. The normalized spacial score (nSPS) is 19.1. The van der Waals surface area contributed by atoms with E-state index in [9.17, 15) is 12.8 Å². The highest BCUT2D eigenvalue weighted by atomic mass is 32.2. The van der Waals surface area contributed by atoms with Gasteiger partial charge in [-0.05, 0) is 62.4 Å². The molecule has 0 spiro atoms. The van der Waals surface area contributed by atoms with E-state index >= 15 is 0 Å². The standard InChI is InChI=1S/C21H28FN3O3S/c1-15-4-5-17(12-20(15)22)21(14-25-11-10-24-16(2)13-25)28-18-6-8-19(9-7-18)29(26,27)23-3/h4-9,12,16,21,23-24H,10-11,13-14H2,1-3H3/t16-,21-/m1/s1. The van der Waals surface area contributed by atoms with Crippen molar-refractivity contribution in [2.75, 3.05) is 33.2 Å². The number of ether oxygens (including phenoxy) is 1. The molecule has 0 aromatic heterocycles. The summed E-state index contributed by atoms with van der Waals surface area (Å²) in [5.41, 5.74) is 1.34. The van der Waals surface area contributed by atoms with Crippen molar-refractivity contribution >= 4 is 10.0 Å². The molecule has 0 amide bonds. The predicted molar refractivity (Wildman–Crippen MR) is 111 cm³/mol. The summed E-state index contributed by atoms with van der Waals surface area (Å²) in [6.45, 7) is 7.14. The first kappa shape index (κ1) is 21.7. The Morgan fingerprint density at radius 2 is 2.00 bits per heavy atom. The molecule has 1 saturated heterocycles. The third-order valence-corrected chi connectivity index (χ3v) is 6.56. The lowest BCUT2D eigenvalue weighted by Crippen LogP contribution is -2.50. The van der Waals surface area contributed by atoms with Crippen molar-refractivity contribution in [3.8, 4) is 5.75 Å². The maximum Gasteiger partial charge on any atom is 0.240 e. The Bertz CT molecular complexity index is 935. The number of benzene rings is 2. The number of halogens is 1. The molecule has 0 radical (unpaired) electrons. The van der Waals surface area contributed by atoms with Crippen LogP contribution in [-0.2, 0) is 10.0 Å². The van der Waals surface area contributed by atoms with Crippen LogP contribution in [0.5, 0.6) is 5.75 Å². The lowest BCUT2D eigenvalue weighted by molar-refractivity contribution is 0.112. The minimum atomic E-state index is -3.51. The fraction of sp³-hybridized carbons (Fsp3) is 0.429. The van der Waals surface area contributed by atoms with Gasteiger partial charge in [0.1, 0.15) is 17.7 Å². The zero-order valence-electron chi connectivity index (χ0n) is 17.0. The minimum Gasteiger partial charge on any atom is -0.484 e. The number of nitrogens with zero attached hydrogens (tertiary/aromatic N) is 1. The van der Waals surface area contributed by atoms with E-state index < -0.39 is 10.0 Å². The first-order chi connectivity index (χ1) is 13.8. The third-order valence-electron chi connectivity index (χ3n) is 5.13. The van der Waals surface area contributed by atoms with Crippen LogP contribution in [0.25, 0.3) is 0 Å². The van der Waals surface area contributed by atoms with Crippen molar-refractivity contribution in [1.29, 1.82) is 0 Å². The van der Waals surface area contributed by atoms with Gasteiger partial charge in [0.2, 0.25) is 10.0 Å². The van der Waals surface area contributed by atoms with Gasteiger partial charge in [-0.2, -0.15) is 0 Å². The topological polar surface area (TPSA) is 70.7 Å². The molecular weight excluding hydrogens is 393 g/mol. The van der Waals surface area contributed by atoms with Crippen LogP contribution < -0.4 is 14.8 Å². The summed E-state index contributed by atoms with van der Waals surface area (Å²) in [6.07, 6.45) is -0.373. The molecule has 0 saturated carbocycles. The second-order valence-corrected chi connectivity index (χ2v) is 9.30. The fourth-order valence-electron chi connectivity index (χ4n) is 3.41. The summed E-state index contributed by atoms with van der Waals surface area (Å²) in [5, 5.41) is 3.41. The lowest BCUT2D eigenvalue weighted by Gasteiger charge is -2.34. The van der Waals surface area contributed by atoms with E-state index in [0.29, 0.717) is 23.9 Å². The highest BCUT2D eigenvalue weighted by molar-refractivity contribution is 7.89. The smallest absolute Gasteiger partial charge is 0.240 e. The van der Waals surface area contributed by atoms with Gasteiger partial charge in [0, 0.05) is 32.2 Å². The van der Waals surface area contributed by atoms with Crippen LogP contribution in [0.1, 0.15) is 24.2 Å². The van der Waals surface area contributed by atoms with Crippen molar-refractivity contribution in [1.82, 2.24) is 14.9 Å². The van der Waals surface area contributed by atoms with E-state index in [1.807, 2.05) is 6.07 Å². The number of sulfonamides is 1. The highest BCUT2D eigenvalue weighted by Gasteiger charge is 2.23. The van der Waals surface area contributed by atoms with Crippen molar-refractivity contribution in [3.05, 3.63) is 59.4 Å². The molecule has 29 heavy (non-hydrogen) atoms. The van der Waals surface area contributed by atoms with E-state index in [2.05, 4.69) is 21.9 Å². The van der Waals surface area contributed by atoms with Crippen LogP contribution in [0, 0.1) is 12.7 Å². The molecule has 2 N–H and O–H groups in total. The van der Waals surface area contributed by atoms with Gasteiger partial charge in [-0.25, -0.2) is 17.5 Å². The molecule has 1 aliphatic rings. The van der Waals surface area contributed by atoms with Crippen molar-refractivity contribution in [2.45, 2.75) is 30.9 Å². The number of piperazine rings is 1. The Hall–Kier alpha value is -2.00. The summed E-state index contributed by atoms with van der Waals surface area (Å²) in [6, 6.07) is 11.8. The van der Waals surface area contributed by atoms with Gasteiger partial charge in [-0.1, -0.05) is 12.1 Å². The summed E-state index contributed by atoms with van der Waals surface area (Å²) < 4.78 is 46.5. The summed E-state index contributed by atoms with van der Waals surface area (Å²) in [5.74, 6) is 0.273. The van der Waals surface area contributed by atoms with Gasteiger partial charge in [-0.3, -0.25) is 4.90 Å². The Balaban J connectivity index is 1.83. The van der Waals surface area contributed by atoms with E-state index in [4.69, 9.17) is 4.74 Å². The van der Waals surface area contributed by atoms with E-state index in [1.165, 1.54) is 25.2 Å². The monoisotopic (exact) mass is 421 g/mol. The fourth-order valence-corrected chi connectivity index (χ4v) is 4.14. The number of hydrogen-bond donors (Lipinski definition) is 2. The van der Waals surface area contributed by atoms with Gasteiger partial charge in [0.05, 0.1) is 4.90 Å². The van der Waals surface area contributed by atoms with Gasteiger partial charge in [-0.15, -0.1) is 0 Å². The molecule has 0 unspecified atom stereocenters. The SMILES string of the molecule is CNS(=O)(=O)c1ccc(O[C@H](CN2CCN[C@H](C)C2)c2ccc(C)c(F)c2)cc1.